The summed E-state index contributed by atoms with van der Waals surface area (Å²) in [6.45, 7) is 0. The normalized spacial score (nSPS) is 10.0. The Hall–Kier alpha value is -0.440. The van der Waals surface area contributed by atoms with Crippen LogP contribution in [0.25, 0.3) is 0 Å². The molecule has 0 fully saturated rings. The van der Waals surface area contributed by atoms with E-state index in [1.807, 2.05) is 33.1 Å². The second-order valence-electron chi connectivity index (χ2n) is 3.45. The van der Waals surface area contributed by atoms with Crippen LogP contribution in [-0.2, 0) is 0 Å². The molecular weight excluding hydrogens is 280 g/mol. The summed E-state index contributed by atoms with van der Waals surface area (Å²) in [5.74, 6) is 0. The molecule has 1 aromatic heterocycles. The van der Waals surface area contributed by atoms with Crippen molar-refractivity contribution >= 4 is 58.2 Å². The molecule has 16 heavy (non-hydrogen) atoms. The van der Waals surface area contributed by atoms with Gasteiger partial charge in [-0.1, -0.05) is 11.3 Å². The summed E-state index contributed by atoms with van der Waals surface area (Å²) in [7, 11) is 7.50. The van der Waals surface area contributed by atoms with E-state index in [4.69, 9.17) is 36.7 Å². The molecule has 1 heterocycles. The Bertz CT molecular complexity index is 482. The van der Waals surface area contributed by atoms with Crippen LogP contribution in [0.15, 0.2) is 0 Å². The number of thiocarbonyl (C=S) groups is 1. The van der Waals surface area contributed by atoms with Crippen molar-refractivity contribution in [1.29, 1.82) is 0 Å². The van der Waals surface area contributed by atoms with Crippen LogP contribution in [0, 0.1) is 8.73 Å². The van der Waals surface area contributed by atoms with E-state index in [0.29, 0.717) is 13.8 Å². The zero-order valence-corrected chi connectivity index (χ0v) is 12.7. The highest BCUT2D eigenvalue weighted by atomic mass is 32.1. The van der Waals surface area contributed by atoms with Crippen LogP contribution in [-0.4, -0.2) is 47.8 Å². The molecule has 4 nitrogen and oxygen atoms in total. The minimum atomic E-state index is 0.395. The van der Waals surface area contributed by atoms with E-state index in [1.54, 1.807) is 9.47 Å². The van der Waals surface area contributed by atoms with E-state index >= 15 is 0 Å². The molecule has 0 unspecified atom stereocenters. The maximum absolute atomic E-state index is 5.28. The smallest absolute Gasteiger partial charge is 0.210 e. The Morgan fingerprint density at radius 1 is 1.25 bits per heavy atom. The summed E-state index contributed by atoms with van der Waals surface area (Å²) in [6, 6.07) is 0. The zero-order valence-electron chi connectivity index (χ0n) is 9.42. The standard InChI is InChI=1S/C8H12N4S4/c1-10(2)6-9-5(13)12(8(15)16-6)7(14)11(3)4/h1-4H3. The predicted octanol–water partition coefficient (Wildman–Crippen LogP) is 2.16. The topological polar surface area (TPSA) is 24.3 Å². The van der Waals surface area contributed by atoms with Crippen LogP contribution < -0.4 is 4.90 Å². The van der Waals surface area contributed by atoms with Crippen LogP contribution >= 0.6 is 48.0 Å². The fourth-order valence-electron chi connectivity index (χ4n) is 0.908. The first-order valence-corrected chi connectivity index (χ1v) is 6.42. The Balaban J connectivity index is 3.41. The highest BCUT2D eigenvalue weighted by Crippen LogP contribution is 2.16. The number of rotatable bonds is 1. The van der Waals surface area contributed by atoms with Gasteiger partial charge in [-0.25, -0.2) is 4.57 Å². The lowest BCUT2D eigenvalue weighted by atomic mass is 10.8. The molecule has 0 bridgehead atoms. The van der Waals surface area contributed by atoms with Crippen molar-refractivity contribution in [3.05, 3.63) is 8.73 Å². The summed E-state index contributed by atoms with van der Waals surface area (Å²) in [5, 5.41) is 1.34. The lowest BCUT2D eigenvalue weighted by Gasteiger charge is -2.17. The Labute approximate surface area is 114 Å². The Morgan fingerprint density at radius 2 is 1.81 bits per heavy atom. The molecule has 0 aliphatic carbocycles. The first-order chi connectivity index (χ1) is 7.34. The highest BCUT2D eigenvalue weighted by Gasteiger charge is 2.08. The molecule has 0 spiro atoms. The molecule has 0 atom stereocenters. The van der Waals surface area contributed by atoms with Crippen molar-refractivity contribution in [2.75, 3.05) is 33.1 Å². The van der Waals surface area contributed by atoms with Crippen molar-refractivity contribution in [3.8, 4) is 0 Å². The number of hydrogen-bond acceptors (Lipinski definition) is 6. The highest BCUT2D eigenvalue weighted by molar-refractivity contribution is 7.80. The number of hydrogen-bond donors (Lipinski definition) is 0. The van der Waals surface area contributed by atoms with Gasteiger partial charge in [-0.15, -0.1) is 0 Å². The molecule has 0 aromatic carbocycles. The molecule has 0 saturated heterocycles. The lowest BCUT2D eigenvalue weighted by Crippen LogP contribution is -2.28. The third-order valence-corrected chi connectivity index (χ3v) is 3.95. The van der Waals surface area contributed by atoms with Gasteiger partial charge in [0.05, 0.1) is 0 Å². The van der Waals surface area contributed by atoms with Gasteiger partial charge in [0, 0.05) is 28.2 Å². The van der Waals surface area contributed by atoms with Gasteiger partial charge < -0.3 is 9.80 Å². The first kappa shape index (κ1) is 13.6. The van der Waals surface area contributed by atoms with Gasteiger partial charge in [-0.3, -0.25) is 0 Å². The number of anilines is 1. The van der Waals surface area contributed by atoms with Crippen LogP contribution in [0.5, 0.6) is 0 Å². The largest absolute Gasteiger partial charge is 0.355 e. The fraction of sp³-hybridized carbons (Fsp3) is 0.500. The van der Waals surface area contributed by atoms with Gasteiger partial charge >= 0.3 is 0 Å². The third kappa shape index (κ3) is 2.82. The second kappa shape index (κ2) is 5.26. The molecule has 88 valence electrons. The van der Waals surface area contributed by atoms with Gasteiger partial charge in [-0.2, -0.15) is 4.98 Å². The van der Waals surface area contributed by atoms with Gasteiger partial charge in [0.1, 0.15) is 0 Å². The van der Waals surface area contributed by atoms with Gasteiger partial charge in [0.25, 0.3) is 0 Å². The molecule has 0 aliphatic heterocycles. The van der Waals surface area contributed by atoms with Gasteiger partial charge in [-0.05, 0) is 36.7 Å². The van der Waals surface area contributed by atoms with Crippen LogP contribution in [0.1, 0.15) is 0 Å². The summed E-state index contributed by atoms with van der Waals surface area (Å²) in [4.78, 5) is 7.94. The Kier molecular flexibility index (Phi) is 4.48. The van der Waals surface area contributed by atoms with E-state index in [2.05, 4.69) is 4.98 Å². The van der Waals surface area contributed by atoms with Crippen molar-refractivity contribution in [2.24, 2.45) is 0 Å². The lowest BCUT2D eigenvalue weighted by molar-refractivity contribution is 0.607. The fourth-order valence-corrected chi connectivity index (χ4v) is 2.83. The van der Waals surface area contributed by atoms with Crippen molar-refractivity contribution in [2.45, 2.75) is 0 Å². The molecular formula is C8H12N4S4. The van der Waals surface area contributed by atoms with E-state index in [0.717, 1.165) is 5.13 Å². The molecule has 1 aromatic rings. The molecule has 0 radical (unpaired) electrons. The SMILES string of the molecule is CN(C)C(=S)n1c(=S)nc(N(C)C)sc1=S. The van der Waals surface area contributed by atoms with E-state index < -0.39 is 0 Å². The summed E-state index contributed by atoms with van der Waals surface area (Å²) >= 11 is 17.1. The van der Waals surface area contributed by atoms with Crippen molar-refractivity contribution in [3.63, 3.8) is 0 Å². The van der Waals surface area contributed by atoms with E-state index in [9.17, 15) is 0 Å². The summed E-state index contributed by atoms with van der Waals surface area (Å²) in [5.41, 5.74) is 0. The second-order valence-corrected chi connectivity index (χ2v) is 5.78. The molecule has 8 heteroatoms. The van der Waals surface area contributed by atoms with Crippen LogP contribution in [0.3, 0.4) is 0 Å². The maximum Gasteiger partial charge on any atom is 0.210 e. The van der Waals surface area contributed by atoms with Gasteiger partial charge in [0.15, 0.2) is 14.2 Å². The maximum atomic E-state index is 5.28. The monoisotopic (exact) mass is 292 g/mol. The molecule has 0 N–H and O–H groups in total. The molecule has 0 saturated carbocycles. The minimum Gasteiger partial charge on any atom is -0.355 e. The van der Waals surface area contributed by atoms with Crippen molar-refractivity contribution in [1.82, 2.24) is 14.5 Å². The van der Waals surface area contributed by atoms with Crippen LogP contribution in [0.4, 0.5) is 5.13 Å². The minimum absolute atomic E-state index is 0.395. The molecule has 0 amide bonds. The van der Waals surface area contributed by atoms with Gasteiger partial charge in [0.2, 0.25) is 4.77 Å². The number of aromatic nitrogens is 2. The van der Waals surface area contributed by atoms with Crippen molar-refractivity contribution < 1.29 is 0 Å². The average Bonchev–Trinajstić information content (AvgIpc) is 2.15. The van der Waals surface area contributed by atoms with E-state index in [1.165, 1.54) is 11.3 Å². The summed E-state index contributed by atoms with van der Waals surface area (Å²) in [6.07, 6.45) is 0. The quantitative estimate of drug-likeness (QED) is 0.736. The van der Waals surface area contributed by atoms with E-state index in [-0.39, 0.29) is 0 Å². The van der Waals surface area contributed by atoms with Crippen LogP contribution in [0.2, 0.25) is 0 Å². The zero-order chi connectivity index (χ0) is 12.5. The molecule has 1 rings (SSSR count). The predicted molar refractivity (Wildman–Crippen MR) is 77.8 cm³/mol. The summed E-state index contributed by atoms with van der Waals surface area (Å²) < 4.78 is 2.63. The third-order valence-electron chi connectivity index (χ3n) is 1.70. The first-order valence-electron chi connectivity index (χ1n) is 4.37. The average molecular weight is 292 g/mol. The Morgan fingerprint density at radius 3 is 2.19 bits per heavy atom. The number of nitrogens with zero attached hydrogens (tertiary/aromatic N) is 4. The molecule has 0 aliphatic rings.